The van der Waals surface area contributed by atoms with Crippen LogP contribution < -0.4 is 5.32 Å². The van der Waals surface area contributed by atoms with Crippen LogP contribution in [0.4, 0.5) is 13.2 Å². The number of hydrogen-bond donors (Lipinski definition) is 2. The maximum atomic E-state index is 12.5. The molecule has 1 atom stereocenters. The number of amides is 1. The predicted molar refractivity (Wildman–Crippen MR) is 62.2 cm³/mol. The summed E-state index contributed by atoms with van der Waals surface area (Å²) in [4.78, 5) is 22.3. The van der Waals surface area contributed by atoms with Crippen molar-refractivity contribution in [1.29, 1.82) is 0 Å². The normalized spacial score (nSPS) is 13.1. The molecule has 0 fully saturated rings. The molecular weight excluding hydrogens is 279 g/mol. The molecule has 1 rings (SSSR count). The highest BCUT2D eigenvalue weighted by Crippen LogP contribution is 2.21. The van der Waals surface area contributed by atoms with Gasteiger partial charge in [-0.2, -0.15) is 18.3 Å². The van der Waals surface area contributed by atoms with Gasteiger partial charge in [-0.3, -0.25) is 9.48 Å². The molecule has 0 bridgehead atoms. The first-order chi connectivity index (χ1) is 9.18. The predicted octanol–water partition coefficient (Wildman–Crippen LogP) is 1.35. The zero-order chi connectivity index (χ0) is 15.5. The monoisotopic (exact) mass is 293 g/mol. The molecule has 2 N–H and O–H groups in total. The van der Waals surface area contributed by atoms with Crippen molar-refractivity contribution >= 4 is 11.9 Å². The molecule has 0 saturated carbocycles. The van der Waals surface area contributed by atoms with Crippen molar-refractivity contribution < 1.29 is 27.9 Å². The van der Waals surface area contributed by atoms with Crippen molar-refractivity contribution in [2.45, 2.75) is 39.0 Å². The van der Waals surface area contributed by atoms with E-state index in [0.717, 1.165) is 12.6 Å². The summed E-state index contributed by atoms with van der Waals surface area (Å²) in [5.41, 5.74) is 0.310. The van der Waals surface area contributed by atoms with E-state index in [1.807, 2.05) is 6.92 Å². The molecule has 0 aromatic carbocycles. The van der Waals surface area contributed by atoms with E-state index in [0.29, 0.717) is 12.2 Å². The van der Waals surface area contributed by atoms with Crippen molar-refractivity contribution in [2.75, 3.05) is 0 Å². The molecule has 1 aromatic heterocycles. The summed E-state index contributed by atoms with van der Waals surface area (Å²) in [7, 11) is 0. The summed E-state index contributed by atoms with van der Waals surface area (Å²) >= 11 is 0. The first-order valence-corrected chi connectivity index (χ1v) is 5.81. The highest BCUT2D eigenvalue weighted by molar-refractivity contribution is 5.97. The van der Waals surface area contributed by atoms with E-state index in [2.05, 4.69) is 5.10 Å². The lowest BCUT2D eigenvalue weighted by atomic mass is 10.2. The van der Waals surface area contributed by atoms with Crippen LogP contribution in [0.2, 0.25) is 0 Å². The zero-order valence-electron chi connectivity index (χ0n) is 10.9. The first-order valence-electron chi connectivity index (χ1n) is 5.81. The van der Waals surface area contributed by atoms with E-state index in [9.17, 15) is 22.8 Å². The number of halogens is 3. The zero-order valence-corrected chi connectivity index (χ0v) is 10.9. The van der Waals surface area contributed by atoms with E-state index in [1.54, 1.807) is 0 Å². The number of hydrogen-bond acceptors (Lipinski definition) is 3. The largest absolute Gasteiger partial charge is 0.479 e. The summed E-state index contributed by atoms with van der Waals surface area (Å²) in [6.07, 6.45) is -3.20. The van der Waals surface area contributed by atoms with Crippen LogP contribution in [0.3, 0.4) is 0 Å². The lowest BCUT2D eigenvalue weighted by Crippen LogP contribution is -2.50. The van der Waals surface area contributed by atoms with Crippen molar-refractivity contribution in [3.63, 3.8) is 0 Å². The van der Waals surface area contributed by atoms with Gasteiger partial charge in [-0.25, -0.2) is 4.79 Å². The SMILES string of the molecule is CCCn1ncc(C(=O)NC(C(=O)O)C(F)(F)F)c1C. The molecular formula is C11H14F3N3O3. The number of aromatic nitrogens is 2. The molecule has 1 aromatic rings. The number of nitrogens with zero attached hydrogens (tertiary/aromatic N) is 2. The van der Waals surface area contributed by atoms with E-state index in [-0.39, 0.29) is 5.56 Å². The number of alkyl halides is 3. The van der Waals surface area contributed by atoms with E-state index in [1.165, 1.54) is 16.9 Å². The van der Waals surface area contributed by atoms with Crippen molar-refractivity contribution in [3.05, 3.63) is 17.5 Å². The Morgan fingerprint density at radius 3 is 2.55 bits per heavy atom. The van der Waals surface area contributed by atoms with E-state index >= 15 is 0 Å². The molecule has 0 aliphatic carbocycles. The highest BCUT2D eigenvalue weighted by Gasteiger charge is 2.46. The average molecular weight is 293 g/mol. The van der Waals surface area contributed by atoms with Crippen LogP contribution in [0.5, 0.6) is 0 Å². The fourth-order valence-electron chi connectivity index (χ4n) is 1.60. The van der Waals surface area contributed by atoms with Crippen LogP contribution in [-0.2, 0) is 11.3 Å². The molecule has 112 valence electrons. The third-order valence-corrected chi connectivity index (χ3v) is 2.63. The number of carbonyl (C=O) groups excluding carboxylic acids is 1. The lowest BCUT2D eigenvalue weighted by Gasteiger charge is -2.17. The maximum Gasteiger partial charge on any atom is 0.419 e. The van der Waals surface area contributed by atoms with Crippen LogP contribution in [0.25, 0.3) is 0 Å². The van der Waals surface area contributed by atoms with Crippen molar-refractivity contribution in [1.82, 2.24) is 15.1 Å². The minimum atomic E-state index is -5.06. The number of carboxylic acid groups (broad SMARTS) is 1. The maximum absolute atomic E-state index is 12.5. The summed E-state index contributed by atoms with van der Waals surface area (Å²) in [5, 5.41) is 13.8. The number of carbonyl (C=O) groups is 2. The Morgan fingerprint density at radius 1 is 1.50 bits per heavy atom. The van der Waals surface area contributed by atoms with Gasteiger partial charge in [-0.1, -0.05) is 6.92 Å². The summed E-state index contributed by atoms with van der Waals surface area (Å²) < 4.78 is 38.8. The standard InChI is InChI=1S/C11H14F3N3O3/c1-3-4-17-6(2)7(5-15-17)9(18)16-8(10(19)20)11(12,13)14/h5,8H,3-4H2,1-2H3,(H,16,18)(H,19,20). The molecule has 1 amide bonds. The molecule has 0 aliphatic heterocycles. The second kappa shape index (κ2) is 5.93. The number of aliphatic carboxylic acids is 1. The third-order valence-electron chi connectivity index (χ3n) is 2.63. The van der Waals surface area contributed by atoms with Gasteiger partial charge >= 0.3 is 12.1 Å². The van der Waals surface area contributed by atoms with Gasteiger partial charge in [0, 0.05) is 12.2 Å². The van der Waals surface area contributed by atoms with Crippen LogP contribution in [-0.4, -0.2) is 39.0 Å². The van der Waals surface area contributed by atoms with Crippen molar-refractivity contribution in [3.8, 4) is 0 Å². The van der Waals surface area contributed by atoms with Gasteiger partial charge in [0.1, 0.15) is 0 Å². The number of carboxylic acids is 1. The Hall–Kier alpha value is -2.06. The van der Waals surface area contributed by atoms with Gasteiger partial charge in [-0.15, -0.1) is 0 Å². The minimum absolute atomic E-state index is 0.0750. The second-order valence-electron chi connectivity index (χ2n) is 4.15. The Balaban J connectivity index is 2.93. The Bertz CT molecular complexity index is 511. The van der Waals surface area contributed by atoms with Crippen LogP contribution in [0, 0.1) is 6.92 Å². The summed E-state index contributed by atoms with van der Waals surface area (Å²) in [6, 6.07) is -2.94. The Labute approximate surface area is 112 Å². The molecule has 6 nitrogen and oxygen atoms in total. The van der Waals surface area contributed by atoms with Gasteiger partial charge in [-0.05, 0) is 13.3 Å². The smallest absolute Gasteiger partial charge is 0.419 e. The van der Waals surface area contributed by atoms with Gasteiger partial charge < -0.3 is 10.4 Å². The minimum Gasteiger partial charge on any atom is -0.479 e. The molecule has 20 heavy (non-hydrogen) atoms. The van der Waals surface area contributed by atoms with Crippen molar-refractivity contribution in [2.24, 2.45) is 0 Å². The van der Waals surface area contributed by atoms with Gasteiger partial charge in [0.15, 0.2) is 0 Å². The third kappa shape index (κ3) is 3.49. The molecule has 0 aliphatic rings. The van der Waals surface area contributed by atoms with Gasteiger partial charge in [0.2, 0.25) is 6.04 Å². The average Bonchev–Trinajstić information content (AvgIpc) is 2.66. The fourth-order valence-corrected chi connectivity index (χ4v) is 1.60. The van der Waals surface area contributed by atoms with E-state index < -0.39 is 24.1 Å². The Kier molecular flexibility index (Phi) is 4.74. The Morgan fingerprint density at radius 2 is 2.10 bits per heavy atom. The molecule has 0 radical (unpaired) electrons. The highest BCUT2D eigenvalue weighted by atomic mass is 19.4. The van der Waals surface area contributed by atoms with Crippen LogP contribution in [0.15, 0.2) is 6.20 Å². The molecule has 1 heterocycles. The molecule has 9 heteroatoms. The number of rotatable bonds is 5. The molecule has 0 spiro atoms. The fraction of sp³-hybridized carbons (Fsp3) is 0.545. The number of aryl methyl sites for hydroxylation is 1. The topological polar surface area (TPSA) is 84.2 Å². The van der Waals surface area contributed by atoms with Crippen LogP contribution >= 0.6 is 0 Å². The quantitative estimate of drug-likeness (QED) is 0.858. The molecule has 1 unspecified atom stereocenters. The second-order valence-corrected chi connectivity index (χ2v) is 4.15. The van der Waals surface area contributed by atoms with Gasteiger partial charge in [0.25, 0.3) is 5.91 Å². The summed E-state index contributed by atoms with van der Waals surface area (Å²) in [6.45, 7) is 3.92. The lowest BCUT2D eigenvalue weighted by molar-refractivity contribution is -0.178. The molecule has 0 saturated heterocycles. The summed E-state index contributed by atoms with van der Waals surface area (Å²) in [5.74, 6) is -3.28. The van der Waals surface area contributed by atoms with Crippen LogP contribution in [0.1, 0.15) is 29.4 Å². The first kappa shape index (κ1) is 16.0. The van der Waals surface area contributed by atoms with Gasteiger partial charge in [0.05, 0.1) is 11.8 Å². The van der Waals surface area contributed by atoms with E-state index in [4.69, 9.17) is 5.11 Å². The number of nitrogens with one attached hydrogen (secondary N) is 1.